The maximum absolute atomic E-state index is 11.9. The van der Waals surface area contributed by atoms with Crippen LogP contribution in [0, 0.1) is 0 Å². The Morgan fingerprint density at radius 3 is 2.55 bits per heavy atom. The molecular weight excluding hydrogens is 250 g/mol. The van der Waals surface area contributed by atoms with Crippen LogP contribution in [0.3, 0.4) is 0 Å². The van der Waals surface area contributed by atoms with Crippen LogP contribution in [0.2, 0.25) is 0 Å². The van der Waals surface area contributed by atoms with Gasteiger partial charge in [0.2, 0.25) is 0 Å². The first-order valence-electron chi connectivity index (χ1n) is 7.38. The maximum atomic E-state index is 11.9. The van der Waals surface area contributed by atoms with Gasteiger partial charge in [0.15, 0.2) is 5.78 Å². The lowest BCUT2D eigenvalue weighted by Gasteiger charge is -2.38. The van der Waals surface area contributed by atoms with Gasteiger partial charge in [-0.05, 0) is 33.0 Å². The van der Waals surface area contributed by atoms with Gasteiger partial charge in [0.25, 0.3) is 0 Å². The predicted molar refractivity (Wildman–Crippen MR) is 83.6 cm³/mol. The van der Waals surface area contributed by atoms with Crippen molar-refractivity contribution < 1.29 is 4.79 Å². The molecule has 4 nitrogen and oxygen atoms in total. The molecule has 1 aromatic carbocycles. The number of likely N-dealkylation sites (N-methyl/N-ethyl adjacent to an activating group) is 1. The SMILES string of the molecule is CNCC(=O)c1cccc(N2CCN(C(C)C)CC2)c1. The summed E-state index contributed by atoms with van der Waals surface area (Å²) in [6.45, 7) is 9.12. The van der Waals surface area contributed by atoms with Gasteiger partial charge in [-0.2, -0.15) is 0 Å². The molecule has 1 aliphatic rings. The minimum absolute atomic E-state index is 0.148. The van der Waals surface area contributed by atoms with E-state index >= 15 is 0 Å². The molecule has 110 valence electrons. The largest absolute Gasteiger partial charge is 0.369 e. The van der Waals surface area contributed by atoms with Gasteiger partial charge in [-0.25, -0.2) is 0 Å². The predicted octanol–water partition coefficient (Wildman–Crippen LogP) is 1.62. The number of carbonyl (C=O) groups excluding carboxylic acids is 1. The second-order valence-corrected chi connectivity index (χ2v) is 5.62. The van der Waals surface area contributed by atoms with Gasteiger partial charge in [-0.15, -0.1) is 0 Å². The van der Waals surface area contributed by atoms with E-state index in [2.05, 4.69) is 35.0 Å². The number of benzene rings is 1. The standard InChI is InChI=1S/C16H25N3O/c1-13(2)18-7-9-19(10-8-18)15-6-4-5-14(11-15)16(20)12-17-3/h4-6,11,13,17H,7-10,12H2,1-3H3. The normalized spacial score (nSPS) is 16.7. The molecule has 0 bridgehead atoms. The number of nitrogens with one attached hydrogen (secondary N) is 1. The van der Waals surface area contributed by atoms with Crippen LogP contribution in [-0.4, -0.2) is 56.5 Å². The molecule has 1 aromatic rings. The highest BCUT2D eigenvalue weighted by Gasteiger charge is 2.19. The fourth-order valence-electron chi connectivity index (χ4n) is 2.64. The Kier molecular flexibility index (Phi) is 5.15. The van der Waals surface area contributed by atoms with Gasteiger partial charge in [-0.3, -0.25) is 9.69 Å². The number of ketones is 1. The van der Waals surface area contributed by atoms with E-state index in [1.807, 2.05) is 18.2 Å². The molecule has 0 aromatic heterocycles. The first-order valence-corrected chi connectivity index (χ1v) is 7.38. The lowest BCUT2D eigenvalue weighted by atomic mass is 10.1. The van der Waals surface area contributed by atoms with E-state index in [0.717, 1.165) is 37.4 Å². The highest BCUT2D eigenvalue weighted by atomic mass is 16.1. The quantitative estimate of drug-likeness (QED) is 0.828. The Hall–Kier alpha value is -1.39. The highest BCUT2D eigenvalue weighted by Crippen LogP contribution is 2.19. The van der Waals surface area contributed by atoms with Crippen molar-refractivity contribution in [1.82, 2.24) is 10.2 Å². The van der Waals surface area contributed by atoms with Crippen molar-refractivity contribution in [3.63, 3.8) is 0 Å². The van der Waals surface area contributed by atoms with Crippen LogP contribution < -0.4 is 10.2 Å². The van der Waals surface area contributed by atoms with Gasteiger partial charge in [-0.1, -0.05) is 12.1 Å². The zero-order valence-electron chi connectivity index (χ0n) is 12.7. The Labute approximate surface area is 121 Å². The van der Waals surface area contributed by atoms with E-state index in [0.29, 0.717) is 12.6 Å². The van der Waals surface area contributed by atoms with Crippen LogP contribution in [0.4, 0.5) is 5.69 Å². The Morgan fingerprint density at radius 2 is 1.95 bits per heavy atom. The average molecular weight is 275 g/mol. The van der Waals surface area contributed by atoms with Gasteiger partial charge >= 0.3 is 0 Å². The third-order valence-electron chi connectivity index (χ3n) is 3.92. The van der Waals surface area contributed by atoms with E-state index in [1.54, 1.807) is 7.05 Å². The molecule has 1 aliphatic heterocycles. The number of Topliss-reactive ketones (excluding diaryl/α,β-unsaturated/α-hetero) is 1. The van der Waals surface area contributed by atoms with Crippen molar-refractivity contribution in [2.24, 2.45) is 0 Å². The Balaban J connectivity index is 2.03. The molecule has 20 heavy (non-hydrogen) atoms. The van der Waals surface area contributed by atoms with Crippen molar-refractivity contribution in [3.8, 4) is 0 Å². The summed E-state index contributed by atoms with van der Waals surface area (Å²) in [5.41, 5.74) is 1.96. The molecule has 2 rings (SSSR count). The third kappa shape index (κ3) is 3.58. The maximum Gasteiger partial charge on any atom is 0.176 e. The van der Waals surface area contributed by atoms with E-state index in [1.165, 1.54) is 0 Å². The van der Waals surface area contributed by atoms with Crippen LogP contribution in [0.25, 0.3) is 0 Å². The number of hydrogen-bond donors (Lipinski definition) is 1. The molecule has 4 heteroatoms. The molecule has 0 atom stereocenters. The fraction of sp³-hybridized carbons (Fsp3) is 0.562. The molecule has 0 spiro atoms. The molecule has 1 fully saturated rings. The van der Waals surface area contributed by atoms with Crippen LogP contribution in [0.5, 0.6) is 0 Å². The number of nitrogens with zero attached hydrogens (tertiary/aromatic N) is 2. The second kappa shape index (κ2) is 6.86. The topological polar surface area (TPSA) is 35.6 Å². The van der Waals surface area contributed by atoms with Gasteiger partial charge in [0.1, 0.15) is 0 Å². The van der Waals surface area contributed by atoms with Gasteiger partial charge < -0.3 is 10.2 Å². The fourth-order valence-corrected chi connectivity index (χ4v) is 2.64. The first-order chi connectivity index (χ1) is 9.61. The van der Waals surface area contributed by atoms with Crippen LogP contribution in [0.15, 0.2) is 24.3 Å². The van der Waals surface area contributed by atoms with Crippen molar-refractivity contribution >= 4 is 11.5 Å². The minimum atomic E-state index is 0.148. The van der Waals surface area contributed by atoms with Crippen molar-refractivity contribution in [2.75, 3.05) is 44.7 Å². The lowest BCUT2D eigenvalue weighted by Crippen LogP contribution is -2.48. The number of carbonyl (C=O) groups is 1. The lowest BCUT2D eigenvalue weighted by molar-refractivity contribution is 0.0993. The van der Waals surface area contributed by atoms with Gasteiger partial charge in [0.05, 0.1) is 6.54 Å². The molecule has 0 amide bonds. The number of hydrogen-bond acceptors (Lipinski definition) is 4. The van der Waals surface area contributed by atoms with Crippen molar-refractivity contribution in [1.29, 1.82) is 0 Å². The van der Waals surface area contributed by atoms with Crippen LogP contribution >= 0.6 is 0 Å². The summed E-state index contributed by atoms with van der Waals surface area (Å²) < 4.78 is 0. The van der Waals surface area contributed by atoms with E-state index < -0.39 is 0 Å². The first kappa shape index (κ1) is 15.0. The minimum Gasteiger partial charge on any atom is -0.369 e. The van der Waals surface area contributed by atoms with E-state index in [-0.39, 0.29) is 5.78 Å². The monoisotopic (exact) mass is 275 g/mol. The zero-order chi connectivity index (χ0) is 14.5. The summed E-state index contributed by atoms with van der Waals surface area (Å²) in [5, 5.41) is 2.91. The van der Waals surface area contributed by atoms with Crippen LogP contribution in [0.1, 0.15) is 24.2 Å². The molecule has 1 saturated heterocycles. The van der Waals surface area contributed by atoms with E-state index in [4.69, 9.17) is 0 Å². The van der Waals surface area contributed by atoms with Crippen molar-refractivity contribution in [2.45, 2.75) is 19.9 Å². The number of rotatable bonds is 5. The third-order valence-corrected chi connectivity index (χ3v) is 3.92. The Bertz CT molecular complexity index is 451. The van der Waals surface area contributed by atoms with Crippen molar-refractivity contribution in [3.05, 3.63) is 29.8 Å². The molecule has 0 saturated carbocycles. The molecule has 1 N–H and O–H groups in total. The molecule has 0 radical (unpaired) electrons. The molecule has 0 unspecified atom stereocenters. The average Bonchev–Trinajstić information content (AvgIpc) is 2.48. The smallest absolute Gasteiger partial charge is 0.176 e. The summed E-state index contributed by atoms with van der Waals surface area (Å²) in [4.78, 5) is 16.8. The second-order valence-electron chi connectivity index (χ2n) is 5.62. The molecular formula is C16H25N3O. The Morgan fingerprint density at radius 1 is 1.25 bits per heavy atom. The summed E-state index contributed by atoms with van der Waals surface area (Å²) in [7, 11) is 1.80. The highest BCUT2D eigenvalue weighted by molar-refractivity contribution is 5.98. The molecule has 1 heterocycles. The summed E-state index contributed by atoms with van der Waals surface area (Å²) in [6.07, 6.45) is 0. The number of anilines is 1. The van der Waals surface area contributed by atoms with E-state index in [9.17, 15) is 4.79 Å². The summed E-state index contributed by atoms with van der Waals surface area (Å²) >= 11 is 0. The van der Waals surface area contributed by atoms with Crippen LogP contribution in [-0.2, 0) is 0 Å². The zero-order valence-corrected chi connectivity index (χ0v) is 12.7. The van der Waals surface area contributed by atoms with Gasteiger partial charge in [0, 0.05) is 43.5 Å². The summed E-state index contributed by atoms with van der Waals surface area (Å²) in [5.74, 6) is 0.148. The molecule has 0 aliphatic carbocycles. The number of piperazine rings is 1. The summed E-state index contributed by atoms with van der Waals surface area (Å²) in [6, 6.07) is 8.60.